The number of nitrogens with one attached hydrogen (secondary N) is 1. The van der Waals surface area contributed by atoms with E-state index in [1.807, 2.05) is 62.4 Å². The standard InChI is InChI=1S/C31H32N2O4S/c1-4-28(25-19-20-30(37-3)23(2)21-25)32-31(34)27-17-11-12-18-29(27)33(22-24-13-7-5-8-14-24)38(35,36)26-15-9-6-10-16-26/h5-21,28H,4,22H2,1-3H3,(H,32,34)/t28-/m1/s1. The normalized spacial score (nSPS) is 12.0. The molecule has 0 saturated heterocycles. The van der Waals surface area contributed by atoms with Crippen molar-refractivity contribution >= 4 is 21.6 Å². The summed E-state index contributed by atoms with van der Waals surface area (Å²) in [5.74, 6) is 0.435. The van der Waals surface area contributed by atoms with E-state index in [1.165, 1.54) is 4.31 Å². The maximum Gasteiger partial charge on any atom is 0.264 e. The van der Waals surface area contributed by atoms with E-state index in [0.717, 1.165) is 22.4 Å². The summed E-state index contributed by atoms with van der Waals surface area (Å²) in [7, 11) is -2.34. The van der Waals surface area contributed by atoms with Crippen LogP contribution < -0.4 is 14.4 Å². The molecule has 0 saturated carbocycles. The Bertz CT molecular complexity index is 1490. The SMILES string of the molecule is CC[C@@H](NC(=O)c1ccccc1N(Cc1ccccc1)S(=O)(=O)c1ccccc1)c1ccc(OC)c(C)c1. The summed E-state index contributed by atoms with van der Waals surface area (Å²) >= 11 is 0. The highest BCUT2D eigenvalue weighted by Gasteiger charge is 2.29. The van der Waals surface area contributed by atoms with Gasteiger partial charge in [-0.3, -0.25) is 9.10 Å². The Kier molecular flexibility index (Phi) is 8.48. The number of hydrogen-bond donors (Lipinski definition) is 1. The van der Waals surface area contributed by atoms with Gasteiger partial charge < -0.3 is 10.1 Å². The van der Waals surface area contributed by atoms with Crippen LogP contribution in [0.2, 0.25) is 0 Å². The fourth-order valence-corrected chi connectivity index (χ4v) is 5.92. The average Bonchev–Trinajstić information content (AvgIpc) is 2.95. The van der Waals surface area contributed by atoms with E-state index >= 15 is 0 Å². The minimum atomic E-state index is -3.97. The van der Waals surface area contributed by atoms with Crippen molar-refractivity contribution in [2.75, 3.05) is 11.4 Å². The van der Waals surface area contributed by atoms with E-state index in [1.54, 1.807) is 61.7 Å². The molecule has 38 heavy (non-hydrogen) atoms. The molecule has 1 amide bonds. The second kappa shape index (κ2) is 12.0. The lowest BCUT2D eigenvalue weighted by Crippen LogP contribution is -2.34. The quantitative estimate of drug-likeness (QED) is 0.263. The highest BCUT2D eigenvalue weighted by molar-refractivity contribution is 7.92. The van der Waals surface area contributed by atoms with E-state index in [0.29, 0.717) is 12.1 Å². The van der Waals surface area contributed by atoms with Gasteiger partial charge in [0.2, 0.25) is 0 Å². The Balaban J connectivity index is 1.73. The Labute approximate surface area is 225 Å². The van der Waals surface area contributed by atoms with Crippen LogP contribution in [0.15, 0.2) is 108 Å². The molecule has 1 N–H and O–H groups in total. The molecule has 0 aliphatic rings. The molecular weight excluding hydrogens is 496 g/mol. The van der Waals surface area contributed by atoms with Crippen molar-refractivity contribution in [3.8, 4) is 5.75 Å². The van der Waals surface area contributed by atoms with Gasteiger partial charge in [0.15, 0.2) is 0 Å². The molecule has 0 aliphatic carbocycles. The van der Waals surface area contributed by atoms with E-state index < -0.39 is 10.0 Å². The third kappa shape index (κ3) is 5.89. The van der Waals surface area contributed by atoms with Gasteiger partial charge in [-0.05, 0) is 60.4 Å². The first kappa shape index (κ1) is 26.9. The van der Waals surface area contributed by atoms with Gasteiger partial charge in [-0.25, -0.2) is 8.42 Å². The molecule has 0 unspecified atom stereocenters. The topological polar surface area (TPSA) is 75.7 Å². The van der Waals surface area contributed by atoms with Gasteiger partial charge in [0.1, 0.15) is 5.75 Å². The van der Waals surface area contributed by atoms with Crippen molar-refractivity contribution in [1.29, 1.82) is 0 Å². The summed E-state index contributed by atoms with van der Waals surface area (Å²) in [6.07, 6.45) is 0.662. The van der Waals surface area contributed by atoms with Gasteiger partial charge in [-0.2, -0.15) is 0 Å². The summed E-state index contributed by atoms with van der Waals surface area (Å²) in [6, 6.07) is 30.0. The van der Waals surface area contributed by atoms with Gasteiger partial charge in [-0.15, -0.1) is 0 Å². The number of para-hydroxylation sites is 1. The van der Waals surface area contributed by atoms with E-state index in [4.69, 9.17) is 4.74 Å². The molecule has 0 spiro atoms. The molecule has 7 heteroatoms. The summed E-state index contributed by atoms with van der Waals surface area (Å²) in [5.41, 5.74) is 3.34. The zero-order chi connectivity index (χ0) is 27.1. The van der Waals surface area contributed by atoms with Crippen LogP contribution in [0.1, 0.15) is 46.4 Å². The van der Waals surface area contributed by atoms with Gasteiger partial charge in [0.05, 0.1) is 35.8 Å². The zero-order valence-electron chi connectivity index (χ0n) is 21.8. The number of amides is 1. The van der Waals surface area contributed by atoms with Crippen molar-refractivity contribution < 1.29 is 17.9 Å². The number of rotatable bonds is 10. The van der Waals surface area contributed by atoms with Crippen molar-refractivity contribution in [3.05, 3.63) is 125 Å². The molecule has 4 aromatic rings. The molecule has 196 valence electrons. The summed E-state index contributed by atoms with van der Waals surface area (Å²) in [4.78, 5) is 13.8. The molecule has 6 nitrogen and oxygen atoms in total. The predicted octanol–water partition coefficient (Wildman–Crippen LogP) is 6.28. The minimum Gasteiger partial charge on any atom is -0.496 e. The Morgan fingerprint density at radius 3 is 2.16 bits per heavy atom. The number of ether oxygens (including phenoxy) is 1. The van der Waals surface area contributed by atoms with Crippen LogP contribution in [0.4, 0.5) is 5.69 Å². The van der Waals surface area contributed by atoms with Gasteiger partial charge in [-0.1, -0.05) is 79.7 Å². The molecule has 0 bridgehead atoms. The van der Waals surface area contributed by atoms with Crippen LogP contribution >= 0.6 is 0 Å². The fourth-order valence-electron chi connectivity index (χ4n) is 4.43. The second-order valence-electron chi connectivity index (χ2n) is 8.99. The molecule has 0 aliphatic heterocycles. The second-order valence-corrected chi connectivity index (χ2v) is 10.9. The van der Waals surface area contributed by atoms with Crippen LogP contribution in [-0.4, -0.2) is 21.4 Å². The third-order valence-electron chi connectivity index (χ3n) is 6.45. The fraction of sp³-hybridized carbons (Fsp3) is 0.194. The number of carbonyl (C=O) groups is 1. The number of sulfonamides is 1. The summed E-state index contributed by atoms with van der Waals surface area (Å²) in [6.45, 7) is 4.04. The third-order valence-corrected chi connectivity index (χ3v) is 8.23. The first-order chi connectivity index (χ1) is 18.3. The van der Waals surface area contributed by atoms with Crippen LogP contribution in [-0.2, 0) is 16.6 Å². The molecule has 1 atom stereocenters. The maximum atomic E-state index is 13.9. The van der Waals surface area contributed by atoms with Crippen molar-refractivity contribution in [1.82, 2.24) is 5.32 Å². The predicted molar refractivity (Wildman–Crippen MR) is 151 cm³/mol. The molecule has 0 radical (unpaired) electrons. The Morgan fingerprint density at radius 1 is 0.895 bits per heavy atom. The number of methoxy groups -OCH3 is 1. The number of nitrogens with zero attached hydrogens (tertiary/aromatic N) is 1. The lowest BCUT2D eigenvalue weighted by atomic mass is 10.0. The van der Waals surface area contributed by atoms with E-state index in [2.05, 4.69) is 5.32 Å². The largest absolute Gasteiger partial charge is 0.496 e. The van der Waals surface area contributed by atoms with Crippen molar-refractivity contribution in [3.63, 3.8) is 0 Å². The zero-order valence-corrected chi connectivity index (χ0v) is 22.6. The number of benzene rings is 4. The van der Waals surface area contributed by atoms with Crippen molar-refractivity contribution in [2.24, 2.45) is 0 Å². The first-order valence-corrected chi connectivity index (χ1v) is 13.9. The smallest absolute Gasteiger partial charge is 0.264 e. The number of anilines is 1. The lowest BCUT2D eigenvalue weighted by Gasteiger charge is -2.27. The molecule has 0 fully saturated rings. The number of aryl methyl sites for hydroxylation is 1. The number of carbonyl (C=O) groups excluding carboxylic acids is 1. The lowest BCUT2D eigenvalue weighted by molar-refractivity contribution is 0.0936. The van der Waals surface area contributed by atoms with Crippen molar-refractivity contribution in [2.45, 2.75) is 37.8 Å². The van der Waals surface area contributed by atoms with E-state index in [9.17, 15) is 13.2 Å². The van der Waals surface area contributed by atoms with Crippen LogP contribution in [0.3, 0.4) is 0 Å². The minimum absolute atomic E-state index is 0.0806. The number of hydrogen-bond acceptors (Lipinski definition) is 4. The summed E-state index contributed by atoms with van der Waals surface area (Å²) < 4.78 is 34.5. The maximum absolute atomic E-state index is 13.9. The highest BCUT2D eigenvalue weighted by Crippen LogP contribution is 2.30. The van der Waals surface area contributed by atoms with Gasteiger partial charge in [0, 0.05) is 0 Å². The average molecular weight is 529 g/mol. The molecule has 4 rings (SSSR count). The monoisotopic (exact) mass is 528 g/mol. The van der Waals surface area contributed by atoms with Gasteiger partial charge in [0.25, 0.3) is 15.9 Å². The van der Waals surface area contributed by atoms with E-state index in [-0.39, 0.29) is 29.0 Å². The van der Waals surface area contributed by atoms with Crippen LogP contribution in [0, 0.1) is 6.92 Å². The van der Waals surface area contributed by atoms with Crippen LogP contribution in [0.25, 0.3) is 0 Å². The highest BCUT2D eigenvalue weighted by atomic mass is 32.2. The molecule has 4 aromatic carbocycles. The molecule has 0 heterocycles. The molecule has 0 aromatic heterocycles. The summed E-state index contributed by atoms with van der Waals surface area (Å²) in [5, 5.41) is 3.11. The Hall–Kier alpha value is -4.10. The van der Waals surface area contributed by atoms with Gasteiger partial charge >= 0.3 is 0 Å². The molecular formula is C31H32N2O4S. The Morgan fingerprint density at radius 2 is 1.53 bits per heavy atom. The van der Waals surface area contributed by atoms with Crippen LogP contribution in [0.5, 0.6) is 5.75 Å². The first-order valence-electron chi connectivity index (χ1n) is 12.5.